The van der Waals surface area contributed by atoms with Crippen LogP contribution in [0, 0.1) is 6.92 Å². The fourth-order valence-electron chi connectivity index (χ4n) is 2.06. The summed E-state index contributed by atoms with van der Waals surface area (Å²) >= 11 is 1.38. The number of rotatable bonds is 4. The van der Waals surface area contributed by atoms with Crippen LogP contribution in [0.5, 0.6) is 5.75 Å². The number of thiazole rings is 1. The Labute approximate surface area is 137 Å². The van der Waals surface area contributed by atoms with Crippen LogP contribution in [0.4, 0.5) is 5.13 Å². The number of carbonyl (C=O) groups is 1. The molecule has 3 rings (SSSR count). The van der Waals surface area contributed by atoms with Gasteiger partial charge in [0.25, 0.3) is 5.91 Å². The number of carbonyl (C=O) groups excluding carboxylic acids is 1. The average Bonchev–Trinajstić information content (AvgIpc) is 3.15. The summed E-state index contributed by atoms with van der Waals surface area (Å²) in [5, 5.41) is 9.39. The summed E-state index contributed by atoms with van der Waals surface area (Å²) in [6.07, 6.45) is 0. The van der Waals surface area contributed by atoms with Crippen LogP contribution in [0.1, 0.15) is 16.2 Å². The second-order valence-electron chi connectivity index (χ2n) is 5.02. The van der Waals surface area contributed by atoms with E-state index in [0.717, 1.165) is 22.7 Å². The van der Waals surface area contributed by atoms with Crippen LogP contribution >= 0.6 is 11.3 Å². The lowest BCUT2D eigenvalue weighted by molar-refractivity contribution is 0.102. The van der Waals surface area contributed by atoms with E-state index in [2.05, 4.69) is 15.4 Å². The minimum Gasteiger partial charge on any atom is -0.497 e. The van der Waals surface area contributed by atoms with Crippen molar-refractivity contribution in [2.45, 2.75) is 6.92 Å². The van der Waals surface area contributed by atoms with Gasteiger partial charge in [-0.3, -0.25) is 14.8 Å². The molecule has 0 unspecified atom stereocenters. The first-order chi connectivity index (χ1) is 11.1. The van der Waals surface area contributed by atoms with Gasteiger partial charge in [-0.2, -0.15) is 5.10 Å². The van der Waals surface area contributed by atoms with E-state index in [1.807, 2.05) is 36.6 Å². The van der Waals surface area contributed by atoms with Crippen LogP contribution in [0.25, 0.3) is 11.3 Å². The summed E-state index contributed by atoms with van der Waals surface area (Å²) in [6, 6.07) is 9.36. The second kappa shape index (κ2) is 6.21. The molecule has 0 fully saturated rings. The van der Waals surface area contributed by atoms with E-state index in [4.69, 9.17) is 4.74 Å². The fraction of sp³-hybridized carbons (Fsp3) is 0.188. The lowest BCUT2D eigenvalue weighted by Gasteiger charge is -2.00. The van der Waals surface area contributed by atoms with Crippen LogP contribution in [0.15, 0.2) is 35.7 Å². The highest BCUT2D eigenvalue weighted by atomic mass is 32.1. The molecule has 0 spiro atoms. The van der Waals surface area contributed by atoms with Crippen molar-refractivity contribution in [3.8, 4) is 17.0 Å². The molecule has 0 aliphatic rings. The molecule has 0 aliphatic carbocycles. The van der Waals surface area contributed by atoms with Crippen molar-refractivity contribution >= 4 is 22.4 Å². The third-order valence-corrected chi connectivity index (χ3v) is 4.21. The van der Waals surface area contributed by atoms with E-state index in [9.17, 15) is 4.79 Å². The lowest BCUT2D eigenvalue weighted by Crippen LogP contribution is -2.12. The van der Waals surface area contributed by atoms with Crippen LogP contribution in [0.2, 0.25) is 0 Å². The van der Waals surface area contributed by atoms with Crippen LogP contribution < -0.4 is 10.1 Å². The molecule has 6 nitrogen and oxygen atoms in total. The van der Waals surface area contributed by atoms with Crippen molar-refractivity contribution in [1.82, 2.24) is 14.8 Å². The molecule has 1 aromatic carbocycles. The normalized spacial score (nSPS) is 10.6. The van der Waals surface area contributed by atoms with Gasteiger partial charge in [-0.1, -0.05) is 0 Å². The molecule has 0 saturated carbocycles. The predicted molar refractivity (Wildman–Crippen MR) is 90.0 cm³/mol. The smallest absolute Gasteiger partial charge is 0.277 e. The zero-order valence-corrected chi connectivity index (χ0v) is 13.8. The van der Waals surface area contributed by atoms with Crippen LogP contribution in [0.3, 0.4) is 0 Å². The Hall–Kier alpha value is -2.67. The maximum Gasteiger partial charge on any atom is 0.277 e. The molecule has 0 bridgehead atoms. The maximum atomic E-state index is 12.2. The van der Waals surface area contributed by atoms with Gasteiger partial charge in [-0.05, 0) is 37.3 Å². The van der Waals surface area contributed by atoms with E-state index in [-0.39, 0.29) is 5.91 Å². The third-order valence-electron chi connectivity index (χ3n) is 3.46. The van der Waals surface area contributed by atoms with Crippen molar-refractivity contribution in [1.29, 1.82) is 0 Å². The third kappa shape index (κ3) is 3.24. The molecule has 2 aromatic heterocycles. The number of nitrogens with zero attached hydrogens (tertiary/aromatic N) is 3. The Kier molecular flexibility index (Phi) is 4.12. The first-order valence-corrected chi connectivity index (χ1v) is 7.87. The number of hydrogen-bond donors (Lipinski definition) is 1. The molecule has 0 saturated heterocycles. The SMILES string of the molecule is COc1ccc(-c2csc(NC(=O)c3cc(C)n(C)n3)n2)cc1. The molecule has 1 amide bonds. The summed E-state index contributed by atoms with van der Waals surface area (Å²) < 4.78 is 6.81. The molecule has 0 aliphatic heterocycles. The standard InChI is InChI=1S/C16H16N4O2S/c1-10-8-13(19-20(10)2)15(21)18-16-17-14(9-23-16)11-4-6-12(22-3)7-5-11/h4-9H,1-3H3,(H,17,18,21). The van der Waals surface area contributed by atoms with E-state index in [0.29, 0.717) is 10.8 Å². The first kappa shape index (κ1) is 15.2. The van der Waals surface area contributed by atoms with Gasteiger partial charge in [0.1, 0.15) is 5.75 Å². The van der Waals surface area contributed by atoms with Crippen molar-refractivity contribution in [3.63, 3.8) is 0 Å². The van der Waals surface area contributed by atoms with Gasteiger partial charge in [0.05, 0.1) is 12.8 Å². The number of nitrogens with one attached hydrogen (secondary N) is 1. The lowest BCUT2D eigenvalue weighted by atomic mass is 10.2. The summed E-state index contributed by atoms with van der Waals surface area (Å²) in [5.41, 5.74) is 3.08. The minimum atomic E-state index is -0.260. The van der Waals surface area contributed by atoms with Gasteiger partial charge < -0.3 is 4.74 Å². The number of hydrogen-bond acceptors (Lipinski definition) is 5. The summed E-state index contributed by atoms with van der Waals surface area (Å²) in [4.78, 5) is 16.6. The number of methoxy groups -OCH3 is 1. The number of ether oxygens (including phenoxy) is 1. The van der Waals surface area contributed by atoms with Gasteiger partial charge in [0.2, 0.25) is 0 Å². The first-order valence-electron chi connectivity index (χ1n) is 6.99. The Morgan fingerprint density at radius 1 is 1.30 bits per heavy atom. The van der Waals surface area contributed by atoms with E-state index in [1.54, 1.807) is 24.9 Å². The topological polar surface area (TPSA) is 69.0 Å². The Morgan fingerprint density at radius 3 is 2.65 bits per heavy atom. The highest BCUT2D eigenvalue weighted by Crippen LogP contribution is 2.26. The molecule has 7 heteroatoms. The summed E-state index contributed by atoms with van der Waals surface area (Å²) in [5.74, 6) is 0.535. The zero-order valence-electron chi connectivity index (χ0n) is 13.0. The van der Waals surface area contributed by atoms with Crippen molar-refractivity contribution < 1.29 is 9.53 Å². The monoisotopic (exact) mass is 328 g/mol. The molecular formula is C16H16N4O2S. The molecule has 118 valence electrons. The number of anilines is 1. The van der Waals surface area contributed by atoms with Crippen molar-refractivity contribution in [3.05, 3.63) is 47.1 Å². The minimum absolute atomic E-state index is 0.260. The molecule has 1 N–H and O–H groups in total. The van der Waals surface area contributed by atoms with Gasteiger partial charge in [0.15, 0.2) is 10.8 Å². The Morgan fingerprint density at radius 2 is 2.04 bits per heavy atom. The molecule has 2 heterocycles. The van der Waals surface area contributed by atoms with Gasteiger partial charge >= 0.3 is 0 Å². The summed E-state index contributed by atoms with van der Waals surface area (Å²) in [6.45, 7) is 1.90. The summed E-state index contributed by atoms with van der Waals surface area (Å²) in [7, 11) is 3.43. The molecule has 3 aromatic rings. The molecule has 0 atom stereocenters. The number of aryl methyl sites for hydroxylation is 2. The molecule has 23 heavy (non-hydrogen) atoms. The number of amides is 1. The molecular weight excluding hydrogens is 312 g/mol. The van der Waals surface area contributed by atoms with Crippen molar-refractivity contribution in [2.75, 3.05) is 12.4 Å². The van der Waals surface area contributed by atoms with Crippen LogP contribution in [-0.2, 0) is 7.05 Å². The average molecular weight is 328 g/mol. The Balaban J connectivity index is 1.74. The van der Waals surface area contributed by atoms with E-state index in [1.165, 1.54) is 11.3 Å². The van der Waals surface area contributed by atoms with Gasteiger partial charge in [-0.15, -0.1) is 11.3 Å². The highest BCUT2D eigenvalue weighted by molar-refractivity contribution is 7.14. The van der Waals surface area contributed by atoms with E-state index < -0.39 is 0 Å². The predicted octanol–water partition coefficient (Wildman–Crippen LogP) is 3.11. The highest BCUT2D eigenvalue weighted by Gasteiger charge is 2.13. The van der Waals surface area contributed by atoms with E-state index >= 15 is 0 Å². The largest absolute Gasteiger partial charge is 0.497 e. The zero-order chi connectivity index (χ0) is 16.4. The second-order valence-corrected chi connectivity index (χ2v) is 5.87. The fourth-order valence-corrected chi connectivity index (χ4v) is 2.77. The van der Waals surface area contributed by atoms with Gasteiger partial charge in [-0.25, -0.2) is 4.98 Å². The number of benzene rings is 1. The quantitative estimate of drug-likeness (QED) is 0.799. The Bertz CT molecular complexity index is 817. The number of aromatic nitrogens is 3. The van der Waals surface area contributed by atoms with Crippen molar-refractivity contribution in [2.24, 2.45) is 7.05 Å². The maximum absolute atomic E-state index is 12.2. The molecule has 0 radical (unpaired) electrons. The van der Waals surface area contributed by atoms with Gasteiger partial charge in [0, 0.05) is 23.7 Å². The van der Waals surface area contributed by atoms with Crippen LogP contribution in [-0.4, -0.2) is 27.8 Å².